The number of aromatic nitrogens is 3. The molecule has 0 radical (unpaired) electrons. The Morgan fingerprint density at radius 2 is 2.05 bits per heavy atom. The van der Waals surface area contributed by atoms with Crippen LogP contribution >= 0.6 is 0 Å². The zero-order valence-electron chi connectivity index (χ0n) is 10.8. The van der Waals surface area contributed by atoms with Crippen LogP contribution in [0.2, 0.25) is 0 Å². The summed E-state index contributed by atoms with van der Waals surface area (Å²) in [5.41, 5.74) is 5.78. The van der Waals surface area contributed by atoms with Gasteiger partial charge in [0.1, 0.15) is 22.0 Å². The van der Waals surface area contributed by atoms with Crippen LogP contribution in [-0.4, -0.2) is 58.2 Å². The molecule has 1 aromatic heterocycles. The summed E-state index contributed by atoms with van der Waals surface area (Å²) in [6.07, 6.45) is 2.99. The van der Waals surface area contributed by atoms with Gasteiger partial charge in [0.15, 0.2) is 0 Å². The summed E-state index contributed by atoms with van der Waals surface area (Å²) >= 11 is 0. The molecule has 0 amide bonds. The monoisotopic (exact) mass is 285 g/mol. The molecule has 1 fully saturated rings. The summed E-state index contributed by atoms with van der Waals surface area (Å²) in [4.78, 5) is 2.30. The number of nitrogens with zero attached hydrogens (tertiary/aromatic N) is 4. The van der Waals surface area contributed by atoms with Crippen LogP contribution < -0.4 is 5.73 Å². The van der Waals surface area contributed by atoms with Crippen LogP contribution in [0.5, 0.6) is 0 Å². The van der Waals surface area contributed by atoms with Crippen LogP contribution in [-0.2, 0) is 22.9 Å². The lowest BCUT2D eigenvalue weighted by atomic mass is 9.89. The van der Waals surface area contributed by atoms with Crippen molar-refractivity contribution in [2.75, 3.05) is 24.6 Å². The first-order valence-electron chi connectivity index (χ1n) is 6.57. The van der Waals surface area contributed by atoms with Crippen molar-refractivity contribution in [2.24, 2.45) is 5.73 Å². The summed E-state index contributed by atoms with van der Waals surface area (Å²) in [5.74, 6) is 1.42. The first-order valence-corrected chi connectivity index (χ1v) is 8.39. The van der Waals surface area contributed by atoms with E-state index in [1.807, 2.05) is 4.57 Å². The highest BCUT2D eigenvalue weighted by Crippen LogP contribution is 2.31. The van der Waals surface area contributed by atoms with E-state index in [1.54, 1.807) is 6.33 Å². The molecule has 0 bridgehead atoms. The van der Waals surface area contributed by atoms with Gasteiger partial charge in [-0.1, -0.05) is 0 Å². The highest BCUT2D eigenvalue weighted by molar-refractivity contribution is 7.91. The second-order valence-corrected chi connectivity index (χ2v) is 7.75. The Bertz CT molecular complexity index is 553. The predicted octanol–water partition coefficient (Wildman–Crippen LogP) is -1.00. The van der Waals surface area contributed by atoms with Crippen LogP contribution in [0.25, 0.3) is 0 Å². The van der Waals surface area contributed by atoms with Crippen LogP contribution in [0, 0.1) is 0 Å². The maximum absolute atomic E-state index is 11.6. The van der Waals surface area contributed by atoms with Gasteiger partial charge in [-0.2, -0.15) is 0 Å². The Morgan fingerprint density at radius 1 is 1.32 bits per heavy atom. The number of rotatable bonds is 2. The highest BCUT2D eigenvalue weighted by atomic mass is 32.2. The van der Waals surface area contributed by atoms with Crippen molar-refractivity contribution in [3.05, 3.63) is 12.2 Å². The molecule has 106 valence electrons. The van der Waals surface area contributed by atoms with Gasteiger partial charge >= 0.3 is 0 Å². The summed E-state index contributed by atoms with van der Waals surface area (Å²) in [6.45, 7) is 2.92. The molecule has 0 unspecified atom stereocenters. The third-order valence-electron chi connectivity index (χ3n) is 4.45. The van der Waals surface area contributed by atoms with Crippen LogP contribution in [0.4, 0.5) is 0 Å². The van der Waals surface area contributed by atoms with Gasteiger partial charge < -0.3 is 10.3 Å². The molecule has 19 heavy (non-hydrogen) atoms. The molecule has 1 aromatic rings. The van der Waals surface area contributed by atoms with Crippen LogP contribution in [0.3, 0.4) is 0 Å². The van der Waals surface area contributed by atoms with E-state index >= 15 is 0 Å². The molecule has 2 N–H and O–H groups in total. The molecule has 0 spiro atoms. The van der Waals surface area contributed by atoms with Gasteiger partial charge in [0.2, 0.25) is 0 Å². The molecule has 0 aromatic carbocycles. The number of hydrogen-bond donors (Lipinski definition) is 1. The molecule has 1 saturated heterocycles. The lowest BCUT2D eigenvalue weighted by Gasteiger charge is -2.47. The Balaban J connectivity index is 1.81. The maximum atomic E-state index is 11.6. The molecular weight excluding hydrogens is 266 g/mol. The Morgan fingerprint density at radius 3 is 2.74 bits per heavy atom. The van der Waals surface area contributed by atoms with Gasteiger partial charge in [-0.3, -0.25) is 4.90 Å². The van der Waals surface area contributed by atoms with E-state index in [2.05, 4.69) is 15.1 Å². The number of fused-ring (bicyclic) bond motifs is 1. The maximum Gasteiger partial charge on any atom is 0.150 e. The van der Waals surface area contributed by atoms with Crippen molar-refractivity contribution in [1.82, 2.24) is 19.7 Å². The lowest BCUT2D eigenvalue weighted by Crippen LogP contribution is -2.59. The van der Waals surface area contributed by atoms with Crippen molar-refractivity contribution < 1.29 is 8.42 Å². The molecule has 3 rings (SSSR count). The Hall–Kier alpha value is -0.990. The van der Waals surface area contributed by atoms with E-state index in [4.69, 9.17) is 5.73 Å². The normalized spacial score (nSPS) is 25.9. The van der Waals surface area contributed by atoms with Crippen molar-refractivity contribution in [1.29, 1.82) is 0 Å². The quantitative estimate of drug-likeness (QED) is 0.749. The second-order valence-electron chi connectivity index (χ2n) is 5.44. The fraction of sp³-hybridized carbons (Fsp3) is 0.818. The first kappa shape index (κ1) is 13.0. The molecular formula is C11H19N5O2S. The Labute approximate surface area is 112 Å². The van der Waals surface area contributed by atoms with E-state index in [-0.39, 0.29) is 17.0 Å². The first-order chi connectivity index (χ1) is 9.05. The number of hydrogen-bond acceptors (Lipinski definition) is 6. The van der Waals surface area contributed by atoms with Gasteiger partial charge in [0.05, 0.1) is 18.1 Å². The minimum atomic E-state index is -2.87. The van der Waals surface area contributed by atoms with Crippen molar-refractivity contribution >= 4 is 9.84 Å². The van der Waals surface area contributed by atoms with Gasteiger partial charge in [-0.15, -0.1) is 10.2 Å². The van der Waals surface area contributed by atoms with Crippen LogP contribution in [0.1, 0.15) is 18.7 Å². The largest absolute Gasteiger partial charge is 0.329 e. The van der Waals surface area contributed by atoms with Crippen molar-refractivity contribution in [3.63, 3.8) is 0 Å². The predicted molar refractivity (Wildman–Crippen MR) is 70.1 cm³/mol. The smallest absolute Gasteiger partial charge is 0.150 e. The molecule has 7 nitrogen and oxygen atoms in total. The topological polar surface area (TPSA) is 94.1 Å². The van der Waals surface area contributed by atoms with E-state index in [0.29, 0.717) is 25.9 Å². The molecule has 0 saturated carbocycles. The molecule has 8 heteroatoms. The second kappa shape index (κ2) is 4.53. The standard InChI is InChI=1S/C11H19N5O2S/c12-8-11(1-5-19(17,18)6-2-11)16-4-3-15-9-13-14-10(15)7-16/h9H,1-8,12H2. The summed E-state index contributed by atoms with van der Waals surface area (Å²) in [7, 11) is -2.87. The SMILES string of the molecule is NCC1(N2CCn3cnnc3C2)CCS(=O)(=O)CC1. The lowest BCUT2D eigenvalue weighted by molar-refractivity contribution is 0.0541. The van der Waals surface area contributed by atoms with Crippen LogP contribution in [0.15, 0.2) is 6.33 Å². The van der Waals surface area contributed by atoms with Gasteiger partial charge in [0, 0.05) is 25.2 Å². The minimum absolute atomic E-state index is 0.192. The molecule has 3 heterocycles. The van der Waals surface area contributed by atoms with E-state index in [0.717, 1.165) is 18.9 Å². The van der Waals surface area contributed by atoms with Gasteiger partial charge in [-0.05, 0) is 12.8 Å². The average Bonchev–Trinajstić information content (AvgIpc) is 2.87. The summed E-state index contributed by atoms with van der Waals surface area (Å²) in [5, 5.41) is 8.02. The molecule has 0 atom stereocenters. The zero-order chi connectivity index (χ0) is 13.5. The van der Waals surface area contributed by atoms with Gasteiger partial charge in [-0.25, -0.2) is 8.42 Å². The fourth-order valence-electron chi connectivity index (χ4n) is 3.04. The van der Waals surface area contributed by atoms with Gasteiger partial charge in [0.25, 0.3) is 0 Å². The molecule has 2 aliphatic rings. The third-order valence-corrected chi connectivity index (χ3v) is 6.10. The number of nitrogens with two attached hydrogens (primary N) is 1. The summed E-state index contributed by atoms with van der Waals surface area (Å²) in [6, 6.07) is 0. The van der Waals surface area contributed by atoms with E-state index < -0.39 is 9.84 Å². The zero-order valence-corrected chi connectivity index (χ0v) is 11.6. The summed E-state index contributed by atoms with van der Waals surface area (Å²) < 4.78 is 25.3. The Kier molecular flexibility index (Phi) is 3.11. The minimum Gasteiger partial charge on any atom is -0.329 e. The fourth-order valence-corrected chi connectivity index (χ4v) is 4.62. The average molecular weight is 285 g/mol. The molecule has 2 aliphatic heterocycles. The molecule has 0 aliphatic carbocycles. The highest BCUT2D eigenvalue weighted by Gasteiger charge is 2.42. The van der Waals surface area contributed by atoms with Crippen molar-refractivity contribution in [2.45, 2.75) is 31.5 Å². The third kappa shape index (κ3) is 2.28. The van der Waals surface area contributed by atoms with E-state index in [9.17, 15) is 8.42 Å². The van der Waals surface area contributed by atoms with Crippen molar-refractivity contribution in [3.8, 4) is 0 Å². The van der Waals surface area contributed by atoms with E-state index in [1.165, 1.54) is 0 Å². The number of sulfone groups is 1.